The van der Waals surface area contributed by atoms with Crippen molar-refractivity contribution in [2.24, 2.45) is 10.1 Å². The smallest absolute Gasteiger partial charge is 0.270 e. The van der Waals surface area contributed by atoms with E-state index < -0.39 is 4.92 Å². The second kappa shape index (κ2) is 8.67. The van der Waals surface area contributed by atoms with Crippen molar-refractivity contribution in [1.82, 2.24) is 9.88 Å². The van der Waals surface area contributed by atoms with E-state index in [0.29, 0.717) is 46.2 Å². The summed E-state index contributed by atoms with van der Waals surface area (Å²) in [6.07, 6.45) is 4.51. The van der Waals surface area contributed by atoms with Crippen molar-refractivity contribution in [2.45, 2.75) is 31.7 Å². The van der Waals surface area contributed by atoms with Crippen LogP contribution in [-0.2, 0) is 4.84 Å². The Kier molecular flexibility index (Phi) is 5.55. The van der Waals surface area contributed by atoms with Gasteiger partial charge in [-0.1, -0.05) is 29.8 Å². The molecule has 1 unspecified atom stereocenters. The fraction of sp³-hybridized carbons (Fsp3) is 0.333. The molecule has 0 aliphatic carbocycles. The molecule has 2 aliphatic heterocycles. The van der Waals surface area contributed by atoms with Crippen LogP contribution in [0.15, 0.2) is 52.6 Å². The van der Waals surface area contributed by atoms with Gasteiger partial charge in [0.25, 0.3) is 5.69 Å². The molecule has 1 aromatic heterocycles. The third-order valence-electron chi connectivity index (χ3n) is 6.45. The molecule has 9 heteroatoms. The Morgan fingerprint density at radius 1 is 1.30 bits per heavy atom. The van der Waals surface area contributed by atoms with E-state index in [0.717, 1.165) is 24.9 Å². The predicted molar refractivity (Wildman–Crippen MR) is 127 cm³/mol. The third-order valence-corrected chi connectivity index (χ3v) is 6.45. The van der Waals surface area contributed by atoms with Crippen LogP contribution >= 0.6 is 0 Å². The topological polar surface area (TPSA) is 116 Å². The fourth-order valence-corrected chi connectivity index (χ4v) is 4.67. The largest absolute Gasteiger partial charge is 0.494 e. The van der Waals surface area contributed by atoms with Crippen LogP contribution in [0, 0.1) is 10.1 Å². The number of hydrogen-bond donors (Lipinski definition) is 2. The Hall–Kier alpha value is -3.72. The van der Waals surface area contributed by atoms with E-state index in [1.807, 2.05) is 24.3 Å². The summed E-state index contributed by atoms with van der Waals surface area (Å²) < 4.78 is 0. The maximum Gasteiger partial charge on any atom is 0.270 e. The van der Waals surface area contributed by atoms with E-state index in [4.69, 9.17) is 4.84 Å². The molecule has 2 aliphatic rings. The lowest BCUT2D eigenvalue weighted by Gasteiger charge is -2.32. The molecule has 0 spiro atoms. The van der Waals surface area contributed by atoms with Gasteiger partial charge in [0.2, 0.25) is 0 Å². The number of benzene rings is 2. The number of non-ortho nitro benzene ring substituents is 1. The minimum absolute atomic E-state index is 0.0646. The molecular weight excluding hydrogens is 422 g/mol. The van der Waals surface area contributed by atoms with Crippen molar-refractivity contribution < 1.29 is 14.9 Å². The number of likely N-dealkylation sites (tertiary alicyclic amines) is 1. The molecule has 2 N–H and O–H groups in total. The number of H-pyrrole nitrogens is 1. The van der Waals surface area contributed by atoms with Crippen molar-refractivity contribution in [3.8, 4) is 5.88 Å². The van der Waals surface area contributed by atoms with E-state index in [1.54, 1.807) is 6.07 Å². The van der Waals surface area contributed by atoms with Gasteiger partial charge in [-0.05, 0) is 45.0 Å². The number of piperidine rings is 1. The number of nitrogens with one attached hydrogen (secondary N) is 1. The van der Waals surface area contributed by atoms with Crippen LogP contribution in [0.25, 0.3) is 10.9 Å². The molecule has 9 nitrogen and oxygen atoms in total. The molecule has 0 bridgehead atoms. The standard InChI is InChI=1S/C24H25N5O4/c1-28-12-5-4-6-15(28)11-13-33-27-22-17-7-2-3-8-19(17)25-23(22)21-18-14-16(29(31)32)9-10-20(18)26-24(21)30/h2-3,7-10,14-15,26,30H,4-6,11-13H2,1H3/b27-22+. The van der Waals surface area contributed by atoms with Gasteiger partial charge in [0, 0.05) is 34.6 Å². The van der Waals surface area contributed by atoms with E-state index in [-0.39, 0.29) is 11.6 Å². The first-order chi connectivity index (χ1) is 16.0. The number of para-hydroxylation sites is 1. The third kappa shape index (κ3) is 3.95. The minimum Gasteiger partial charge on any atom is -0.494 e. The van der Waals surface area contributed by atoms with Crippen LogP contribution in [0.1, 0.15) is 36.8 Å². The van der Waals surface area contributed by atoms with E-state index in [1.165, 1.54) is 25.0 Å². The van der Waals surface area contributed by atoms with Crippen molar-refractivity contribution in [1.29, 1.82) is 0 Å². The Labute approximate surface area is 190 Å². The number of nitro groups is 1. The molecule has 3 heterocycles. The summed E-state index contributed by atoms with van der Waals surface area (Å²) in [5.41, 5.74) is 3.32. The lowest BCUT2D eigenvalue weighted by molar-refractivity contribution is -0.384. The van der Waals surface area contributed by atoms with Gasteiger partial charge in [-0.15, -0.1) is 0 Å². The second-order valence-corrected chi connectivity index (χ2v) is 8.51. The Balaban J connectivity index is 1.47. The maximum absolute atomic E-state index is 11.3. The van der Waals surface area contributed by atoms with Gasteiger partial charge in [0.1, 0.15) is 18.0 Å². The summed E-state index contributed by atoms with van der Waals surface area (Å²) in [5, 5.41) is 26.9. The first kappa shape index (κ1) is 21.1. The molecule has 1 atom stereocenters. The van der Waals surface area contributed by atoms with Crippen LogP contribution in [0.2, 0.25) is 0 Å². The molecule has 33 heavy (non-hydrogen) atoms. The fourth-order valence-electron chi connectivity index (χ4n) is 4.67. The summed E-state index contributed by atoms with van der Waals surface area (Å²) >= 11 is 0. The van der Waals surface area contributed by atoms with Crippen LogP contribution in [0.4, 0.5) is 11.4 Å². The SMILES string of the molecule is CN1CCCCC1CCO/N=C1/C(c2c(O)[nH]c3ccc([N+](=O)[O-])cc23)=Nc2ccccc21. The molecule has 0 saturated carbocycles. The summed E-state index contributed by atoms with van der Waals surface area (Å²) in [5.74, 6) is -0.117. The highest BCUT2D eigenvalue weighted by atomic mass is 16.6. The number of hydrogen-bond acceptors (Lipinski definition) is 7. The summed E-state index contributed by atoms with van der Waals surface area (Å²) in [6, 6.07) is 12.4. The monoisotopic (exact) mass is 447 g/mol. The van der Waals surface area contributed by atoms with Gasteiger partial charge in [-0.25, -0.2) is 4.99 Å². The quantitative estimate of drug-likeness (QED) is 0.328. The summed E-state index contributed by atoms with van der Waals surface area (Å²) in [6.45, 7) is 1.58. The lowest BCUT2D eigenvalue weighted by Crippen LogP contribution is -2.36. The Morgan fingerprint density at radius 3 is 2.97 bits per heavy atom. The van der Waals surface area contributed by atoms with Gasteiger partial charge in [0.15, 0.2) is 5.88 Å². The van der Waals surface area contributed by atoms with Crippen molar-refractivity contribution in [3.63, 3.8) is 0 Å². The van der Waals surface area contributed by atoms with Crippen molar-refractivity contribution in [3.05, 3.63) is 63.7 Å². The number of aromatic nitrogens is 1. The predicted octanol–water partition coefficient (Wildman–Crippen LogP) is 4.51. The maximum atomic E-state index is 11.3. The Bertz CT molecular complexity index is 1280. The second-order valence-electron chi connectivity index (χ2n) is 8.51. The van der Waals surface area contributed by atoms with Gasteiger partial charge < -0.3 is 19.8 Å². The highest BCUT2D eigenvalue weighted by Crippen LogP contribution is 2.36. The molecule has 1 saturated heterocycles. The van der Waals surface area contributed by atoms with Crippen LogP contribution in [-0.4, -0.2) is 57.6 Å². The van der Waals surface area contributed by atoms with Crippen molar-refractivity contribution >= 4 is 33.7 Å². The molecule has 5 rings (SSSR count). The number of fused-ring (bicyclic) bond motifs is 2. The van der Waals surface area contributed by atoms with Crippen molar-refractivity contribution in [2.75, 3.05) is 20.2 Å². The van der Waals surface area contributed by atoms with E-state index in [2.05, 4.69) is 27.1 Å². The number of aliphatic imine (C=N–C) groups is 1. The number of aromatic amines is 1. The number of nitro benzene ring substituents is 1. The number of oxime groups is 1. The lowest BCUT2D eigenvalue weighted by atomic mass is 10.0. The first-order valence-electron chi connectivity index (χ1n) is 11.1. The van der Waals surface area contributed by atoms with Crippen LogP contribution in [0.3, 0.4) is 0 Å². The molecule has 0 radical (unpaired) electrons. The molecule has 2 aromatic carbocycles. The normalized spacial score (nSPS) is 19.6. The molecule has 3 aromatic rings. The van der Waals surface area contributed by atoms with Crippen LogP contribution in [0.5, 0.6) is 5.88 Å². The number of aromatic hydroxyl groups is 1. The molecule has 0 amide bonds. The van der Waals surface area contributed by atoms with Gasteiger partial charge in [-0.2, -0.15) is 0 Å². The zero-order valence-corrected chi connectivity index (χ0v) is 18.3. The first-order valence-corrected chi connectivity index (χ1v) is 11.1. The zero-order chi connectivity index (χ0) is 22.9. The summed E-state index contributed by atoms with van der Waals surface area (Å²) in [4.78, 5) is 26.5. The summed E-state index contributed by atoms with van der Waals surface area (Å²) in [7, 11) is 2.15. The molecule has 170 valence electrons. The Morgan fingerprint density at radius 2 is 2.15 bits per heavy atom. The van der Waals surface area contributed by atoms with Gasteiger partial charge in [0.05, 0.1) is 16.2 Å². The molecule has 1 fully saturated rings. The number of nitrogens with zero attached hydrogens (tertiary/aromatic N) is 4. The minimum atomic E-state index is -0.459. The number of rotatable bonds is 6. The highest BCUT2D eigenvalue weighted by Gasteiger charge is 2.30. The molecular formula is C24H25N5O4. The average Bonchev–Trinajstić information content (AvgIpc) is 3.33. The van der Waals surface area contributed by atoms with E-state index >= 15 is 0 Å². The van der Waals surface area contributed by atoms with Gasteiger partial charge >= 0.3 is 0 Å². The zero-order valence-electron chi connectivity index (χ0n) is 18.3. The highest BCUT2D eigenvalue weighted by molar-refractivity contribution is 6.58. The van der Waals surface area contributed by atoms with E-state index in [9.17, 15) is 15.2 Å². The van der Waals surface area contributed by atoms with Crippen LogP contribution < -0.4 is 0 Å². The average molecular weight is 447 g/mol. The van der Waals surface area contributed by atoms with Gasteiger partial charge in [-0.3, -0.25) is 10.1 Å².